The number of aryl methyl sites for hydroxylation is 1. The standard InChI is InChI=1S/C14H13NS3/c1-2-5-9-8-10-13(16)15-11-6-3-4-7-12(11)18-14(10)17-9/h3-4,6-8H,2,5H2,1H3,(H,15,16). The van der Waals surface area contributed by atoms with Crippen LogP contribution in [-0.4, -0.2) is 4.99 Å². The molecule has 1 aromatic carbocycles. The number of nitrogens with one attached hydrogen (secondary N) is 1. The smallest absolute Gasteiger partial charge is 0.113 e. The van der Waals surface area contributed by atoms with Gasteiger partial charge >= 0.3 is 0 Å². The third kappa shape index (κ3) is 2.20. The number of thiophene rings is 1. The van der Waals surface area contributed by atoms with Crippen LogP contribution in [0.15, 0.2) is 39.4 Å². The molecule has 1 aliphatic rings. The van der Waals surface area contributed by atoms with Crippen molar-refractivity contribution in [2.24, 2.45) is 0 Å². The summed E-state index contributed by atoms with van der Waals surface area (Å²) >= 11 is 9.20. The lowest BCUT2D eigenvalue weighted by atomic mass is 10.2. The largest absolute Gasteiger partial charge is 0.345 e. The average Bonchev–Trinajstić information content (AvgIpc) is 2.70. The second-order valence-corrected chi connectivity index (χ2v) is 7.07. The van der Waals surface area contributed by atoms with E-state index in [9.17, 15) is 0 Å². The van der Waals surface area contributed by atoms with Gasteiger partial charge in [0, 0.05) is 15.3 Å². The predicted octanol–water partition coefficient (Wildman–Crippen LogP) is 4.95. The molecule has 0 amide bonds. The Balaban J connectivity index is 2.05. The quantitative estimate of drug-likeness (QED) is 0.786. The monoisotopic (exact) mass is 291 g/mol. The third-order valence-electron chi connectivity index (χ3n) is 2.83. The number of benzene rings is 1. The van der Waals surface area contributed by atoms with Crippen LogP contribution in [0, 0.1) is 0 Å². The SMILES string of the molecule is CCCc1cc2c(s1)Sc1ccccc1NC2=S. The van der Waals surface area contributed by atoms with E-state index >= 15 is 0 Å². The van der Waals surface area contributed by atoms with Gasteiger partial charge in [-0.3, -0.25) is 0 Å². The molecular weight excluding hydrogens is 278 g/mol. The van der Waals surface area contributed by atoms with Gasteiger partial charge < -0.3 is 5.32 Å². The molecule has 0 saturated heterocycles. The maximum atomic E-state index is 5.50. The fraction of sp³-hybridized carbons (Fsp3) is 0.214. The van der Waals surface area contributed by atoms with Crippen LogP contribution in [0.4, 0.5) is 5.69 Å². The van der Waals surface area contributed by atoms with Crippen molar-refractivity contribution < 1.29 is 0 Å². The van der Waals surface area contributed by atoms with Crippen molar-refractivity contribution in [3.63, 3.8) is 0 Å². The van der Waals surface area contributed by atoms with Gasteiger partial charge in [0.25, 0.3) is 0 Å². The van der Waals surface area contributed by atoms with E-state index < -0.39 is 0 Å². The minimum Gasteiger partial charge on any atom is -0.345 e. The van der Waals surface area contributed by atoms with Crippen molar-refractivity contribution in [3.05, 3.63) is 40.8 Å². The van der Waals surface area contributed by atoms with Crippen LogP contribution < -0.4 is 5.32 Å². The average molecular weight is 291 g/mol. The van der Waals surface area contributed by atoms with Crippen LogP contribution >= 0.6 is 35.3 Å². The molecule has 1 N–H and O–H groups in total. The number of hydrogen-bond donors (Lipinski definition) is 1. The van der Waals surface area contributed by atoms with E-state index in [2.05, 4.69) is 36.5 Å². The van der Waals surface area contributed by atoms with E-state index in [4.69, 9.17) is 12.2 Å². The number of fused-ring (bicyclic) bond motifs is 2. The minimum absolute atomic E-state index is 0.848. The molecule has 3 rings (SSSR count). The molecule has 0 saturated carbocycles. The second-order valence-electron chi connectivity index (χ2n) is 4.22. The number of thiocarbonyl (C=S) groups is 1. The zero-order valence-corrected chi connectivity index (χ0v) is 12.5. The summed E-state index contributed by atoms with van der Waals surface area (Å²) < 4.78 is 1.32. The minimum atomic E-state index is 0.848. The molecule has 2 heterocycles. The first kappa shape index (κ1) is 12.2. The van der Waals surface area contributed by atoms with Gasteiger partial charge in [0.15, 0.2) is 0 Å². The molecule has 1 nitrogen and oxygen atoms in total. The van der Waals surface area contributed by atoms with Gasteiger partial charge in [0.05, 0.1) is 9.90 Å². The maximum Gasteiger partial charge on any atom is 0.113 e. The highest BCUT2D eigenvalue weighted by Gasteiger charge is 2.19. The van der Waals surface area contributed by atoms with Crippen LogP contribution in [-0.2, 0) is 6.42 Å². The Kier molecular flexibility index (Phi) is 3.41. The molecule has 1 aliphatic heterocycles. The molecule has 0 spiro atoms. The van der Waals surface area contributed by atoms with Gasteiger partial charge in [-0.15, -0.1) is 11.3 Å². The van der Waals surface area contributed by atoms with E-state index in [1.807, 2.05) is 29.2 Å². The van der Waals surface area contributed by atoms with Crippen molar-refractivity contribution >= 4 is 46.0 Å². The van der Waals surface area contributed by atoms with Crippen LogP contribution in [0.2, 0.25) is 0 Å². The van der Waals surface area contributed by atoms with Crippen LogP contribution in [0.25, 0.3) is 0 Å². The van der Waals surface area contributed by atoms with Gasteiger partial charge in [-0.25, -0.2) is 0 Å². The third-order valence-corrected chi connectivity index (χ3v) is 5.62. The summed E-state index contributed by atoms with van der Waals surface area (Å²) in [5.41, 5.74) is 2.31. The first-order valence-corrected chi connectivity index (χ1v) is 8.03. The van der Waals surface area contributed by atoms with E-state index in [1.165, 1.54) is 26.0 Å². The summed E-state index contributed by atoms with van der Waals surface area (Å²) in [5.74, 6) is 0. The zero-order chi connectivity index (χ0) is 12.5. The molecule has 92 valence electrons. The Morgan fingerprint density at radius 3 is 2.94 bits per heavy atom. The highest BCUT2D eigenvalue weighted by Crippen LogP contribution is 2.43. The Labute approximate surface area is 121 Å². The van der Waals surface area contributed by atoms with E-state index in [0.29, 0.717) is 0 Å². The van der Waals surface area contributed by atoms with Gasteiger partial charge in [0.1, 0.15) is 4.99 Å². The normalized spacial score (nSPS) is 13.5. The Hall–Kier alpha value is -0.840. The number of rotatable bonds is 2. The maximum absolute atomic E-state index is 5.50. The van der Waals surface area contributed by atoms with Crippen molar-refractivity contribution in [2.75, 3.05) is 5.32 Å². The highest BCUT2D eigenvalue weighted by molar-refractivity contribution is 8.01. The van der Waals surface area contributed by atoms with Crippen molar-refractivity contribution in [1.82, 2.24) is 0 Å². The molecule has 0 fully saturated rings. The summed E-state index contributed by atoms with van der Waals surface area (Å²) in [5, 5.41) is 3.35. The van der Waals surface area contributed by atoms with Gasteiger partial charge in [-0.05, 0) is 24.6 Å². The highest BCUT2D eigenvalue weighted by atomic mass is 32.2. The fourth-order valence-electron chi connectivity index (χ4n) is 1.98. The second kappa shape index (κ2) is 5.03. The number of para-hydroxylation sites is 1. The van der Waals surface area contributed by atoms with Crippen LogP contribution in [0.3, 0.4) is 0 Å². The lowest BCUT2D eigenvalue weighted by molar-refractivity contribution is 0.940. The van der Waals surface area contributed by atoms with Gasteiger partial charge in [-0.1, -0.05) is 49.5 Å². The summed E-state index contributed by atoms with van der Waals surface area (Å²) in [4.78, 5) is 3.53. The van der Waals surface area contributed by atoms with Crippen molar-refractivity contribution in [1.29, 1.82) is 0 Å². The van der Waals surface area contributed by atoms with E-state index in [0.717, 1.165) is 17.1 Å². The lowest BCUT2D eigenvalue weighted by Crippen LogP contribution is -2.08. The molecule has 0 unspecified atom stereocenters. The molecule has 0 radical (unpaired) electrons. The summed E-state index contributed by atoms with van der Waals surface area (Å²) in [6, 6.07) is 10.6. The van der Waals surface area contributed by atoms with Crippen LogP contribution in [0.1, 0.15) is 23.8 Å². The van der Waals surface area contributed by atoms with Crippen molar-refractivity contribution in [2.45, 2.75) is 28.9 Å². The van der Waals surface area contributed by atoms with Gasteiger partial charge in [0.2, 0.25) is 0 Å². The van der Waals surface area contributed by atoms with Crippen LogP contribution in [0.5, 0.6) is 0 Å². The first-order valence-electron chi connectivity index (χ1n) is 5.99. The molecule has 2 aromatic rings. The Morgan fingerprint density at radius 1 is 1.28 bits per heavy atom. The van der Waals surface area contributed by atoms with E-state index in [1.54, 1.807) is 0 Å². The zero-order valence-electron chi connectivity index (χ0n) is 10.0. The first-order chi connectivity index (χ1) is 8.78. The molecule has 1 aromatic heterocycles. The molecule has 18 heavy (non-hydrogen) atoms. The number of anilines is 1. The molecule has 0 bridgehead atoms. The Bertz CT molecular complexity index is 601. The molecule has 4 heteroatoms. The summed E-state index contributed by atoms with van der Waals surface area (Å²) in [6.07, 6.45) is 2.32. The molecule has 0 atom stereocenters. The summed E-state index contributed by atoms with van der Waals surface area (Å²) in [7, 11) is 0. The fourth-order valence-corrected chi connectivity index (χ4v) is 4.97. The van der Waals surface area contributed by atoms with Crippen molar-refractivity contribution in [3.8, 4) is 0 Å². The molecular formula is C14H13NS3. The summed E-state index contributed by atoms with van der Waals surface area (Å²) in [6.45, 7) is 2.21. The predicted molar refractivity (Wildman–Crippen MR) is 84.2 cm³/mol. The van der Waals surface area contributed by atoms with E-state index in [-0.39, 0.29) is 0 Å². The van der Waals surface area contributed by atoms with Gasteiger partial charge in [-0.2, -0.15) is 0 Å². The lowest BCUT2D eigenvalue weighted by Gasteiger charge is -2.06. The molecule has 0 aliphatic carbocycles. The number of hydrogen-bond acceptors (Lipinski definition) is 3. The Morgan fingerprint density at radius 2 is 2.11 bits per heavy atom. The topological polar surface area (TPSA) is 12.0 Å².